The van der Waals surface area contributed by atoms with Crippen molar-refractivity contribution in [3.63, 3.8) is 0 Å². The van der Waals surface area contributed by atoms with Gasteiger partial charge < -0.3 is 11.1 Å². The Hall–Kier alpha value is -2.12. The number of alkyl halides is 3. The number of rotatable bonds is 7. The molecule has 134 valence electrons. The molecule has 5 nitrogen and oxygen atoms in total. The Labute approximate surface area is 140 Å². The predicted octanol–water partition coefficient (Wildman–Crippen LogP) is 3.78. The highest BCUT2D eigenvalue weighted by Crippen LogP contribution is 2.32. The summed E-state index contributed by atoms with van der Waals surface area (Å²) in [6.07, 6.45) is -0.123. The Bertz CT molecular complexity index is 608. The summed E-state index contributed by atoms with van der Waals surface area (Å²) < 4.78 is 39.3. The zero-order valence-corrected chi connectivity index (χ0v) is 14.4. The molecule has 0 aliphatic heterocycles. The highest BCUT2D eigenvalue weighted by molar-refractivity contribution is 5.83. The highest BCUT2D eigenvalue weighted by Gasteiger charge is 2.35. The first-order valence-electron chi connectivity index (χ1n) is 7.78. The minimum absolute atomic E-state index is 0.0298. The van der Waals surface area contributed by atoms with Crippen LogP contribution in [0.15, 0.2) is 23.0 Å². The maximum Gasteiger partial charge on any atom is 0.419 e. The number of halogens is 3. The number of nitrogens with two attached hydrogens (primary N) is 1. The van der Waals surface area contributed by atoms with E-state index in [4.69, 9.17) is 5.73 Å². The van der Waals surface area contributed by atoms with Gasteiger partial charge in [-0.3, -0.25) is 0 Å². The molecule has 1 rings (SSSR count). The van der Waals surface area contributed by atoms with Crippen molar-refractivity contribution in [2.45, 2.75) is 46.2 Å². The van der Waals surface area contributed by atoms with Crippen LogP contribution in [0.5, 0.6) is 0 Å². The fraction of sp³-hybridized carbons (Fsp3) is 0.562. The van der Waals surface area contributed by atoms with E-state index in [0.29, 0.717) is 0 Å². The number of amidine groups is 1. The zero-order chi connectivity index (χ0) is 18.3. The van der Waals surface area contributed by atoms with Crippen LogP contribution in [0.3, 0.4) is 0 Å². The van der Waals surface area contributed by atoms with Gasteiger partial charge in [-0.15, -0.1) is 0 Å². The van der Waals surface area contributed by atoms with E-state index in [1.165, 1.54) is 0 Å². The van der Waals surface area contributed by atoms with Gasteiger partial charge >= 0.3 is 6.18 Å². The summed E-state index contributed by atoms with van der Waals surface area (Å²) in [5, 5.41) is 2.64. The molecular weight excluding hydrogens is 319 g/mol. The van der Waals surface area contributed by atoms with Crippen molar-refractivity contribution in [1.82, 2.24) is 9.97 Å². The number of anilines is 1. The molecule has 1 unspecified atom stereocenters. The molecule has 0 aliphatic rings. The molecule has 0 amide bonds. The highest BCUT2D eigenvalue weighted by atomic mass is 19.4. The Morgan fingerprint density at radius 1 is 1.46 bits per heavy atom. The van der Waals surface area contributed by atoms with Crippen LogP contribution in [0.25, 0.3) is 0 Å². The molecule has 0 fully saturated rings. The Morgan fingerprint density at radius 3 is 2.67 bits per heavy atom. The van der Waals surface area contributed by atoms with Crippen LogP contribution < -0.4 is 11.1 Å². The Balaban J connectivity index is 3.02. The number of aliphatic imine (C=N–C) groups is 1. The number of allylic oxidation sites excluding steroid dienone is 1. The number of hydrogen-bond acceptors (Lipinski definition) is 4. The van der Waals surface area contributed by atoms with Crippen LogP contribution >= 0.6 is 0 Å². The van der Waals surface area contributed by atoms with Crippen molar-refractivity contribution in [1.29, 1.82) is 0 Å². The second-order valence-electron chi connectivity index (χ2n) is 5.69. The third-order valence-electron chi connectivity index (χ3n) is 3.48. The summed E-state index contributed by atoms with van der Waals surface area (Å²) in [6, 6.07) is 0. The van der Waals surface area contributed by atoms with E-state index < -0.39 is 11.7 Å². The minimum Gasteiger partial charge on any atom is -0.387 e. The molecule has 8 heteroatoms. The molecule has 0 spiro atoms. The fourth-order valence-electron chi connectivity index (χ4n) is 2.10. The molecule has 24 heavy (non-hydrogen) atoms. The lowest BCUT2D eigenvalue weighted by Gasteiger charge is -2.16. The van der Waals surface area contributed by atoms with Crippen molar-refractivity contribution in [2.24, 2.45) is 16.6 Å². The van der Waals surface area contributed by atoms with Crippen LogP contribution in [-0.4, -0.2) is 22.9 Å². The van der Waals surface area contributed by atoms with Gasteiger partial charge in [0, 0.05) is 31.8 Å². The lowest BCUT2D eigenvalue weighted by Crippen LogP contribution is -2.25. The van der Waals surface area contributed by atoms with Gasteiger partial charge in [0.25, 0.3) is 0 Å². The number of nitrogens with one attached hydrogen (secondary N) is 1. The van der Waals surface area contributed by atoms with Crippen LogP contribution in [-0.2, 0) is 12.6 Å². The van der Waals surface area contributed by atoms with Crippen molar-refractivity contribution < 1.29 is 13.2 Å². The molecule has 0 aromatic carbocycles. The molecule has 0 saturated heterocycles. The maximum absolute atomic E-state index is 13.1. The second-order valence-corrected chi connectivity index (χ2v) is 5.69. The molecular formula is C16H24F3N5. The largest absolute Gasteiger partial charge is 0.419 e. The standard InChI is InChI=1S/C16H24F3N5/c1-5-6-10(2)8-22-14(20)11(3)7-13-12(16(17,18)19)9-23-15(21-4)24-13/h8-9,11H,5-7H2,1-4H3,(H2,20,22)(H,21,23,24)/b10-8-. The second kappa shape index (κ2) is 8.65. The van der Waals surface area contributed by atoms with E-state index in [0.717, 1.165) is 24.6 Å². The van der Waals surface area contributed by atoms with Gasteiger partial charge in [0.2, 0.25) is 5.95 Å². The number of aromatic nitrogens is 2. The molecule has 0 saturated carbocycles. The van der Waals surface area contributed by atoms with E-state index in [-0.39, 0.29) is 29.8 Å². The SMILES string of the molecule is CCC/C(C)=C\N=C(/N)C(C)Cc1nc(NC)ncc1C(F)(F)F. The van der Waals surface area contributed by atoms with Gasteiger partial charge in [0.05, 0.1) is 11.3 Å². The van der Waals surface area contributed by atoms with Crippen molar-refractivity contribution in [2.75, 3.05) is 12.4 Å². The number of nitrogens with zero attached hydrogens (tertiary/aromatic N) is 3. The third-order valence-corrected chi connectivity index (χ3v) is 3.48. The Kier molecular flexibility index (Phi) is 7.18. The predicted molar refractivity (Wildman–Crippen MR) is 89.7 cm³/mol. The molecule has 1 aromatic heterocycles. The summed E-state index contributed by atoms with van der Waals surface area (Å²) in [7, 11) is 1.55. The van der Waals surface area contributed by atoms with E-state index in [9.17, 15) is 13.2 Å². The van der Waals surface area contributed by atoms with E-state index in [1.54, 1.807) is 20.2 Å². The van der Waals surface area contributed by atoms with Gasteiger partial charge in [-0.25, -0.2) is 15.0 Å². The first kappa shape index (κ1) is 19.9. The van der Waals surface area contributed by atoms with Crippen LogP contribution in [0.4, 0.5) is 19.1 Å². The minimum atomic E-state index is -4.51. The lowest BCUT2D eigenvalue weighted by atomic mass is 10.0. The maximum atomic E-state index is 13.1. The van der Waals surface area contributed by atoms with E-state index in [1.807, 2.05) is 6.92 Å². The zero-order valence-electron chi connectivity index (χ0n) is 14.4. The average molecular weight is 343 g/mol. The van der Waals surface area contributed by atoms with Gasteiger partial charge in [0.1, 0.15) is 5.84 Å². The molecule has 0 radical (unpaired) electrons. The summed E-state index contributed by atoms with van der Waals surface area (Å²) in [6.45, 7) is 5.72. The van der Waals surface area contributed by atoms with Gasteiger partial charge in [-0.05, 0) is 13.3 Å². The monoisotopic (exact) mass is 343 g/mol. The lowest BCUT2D eigenvalue weighted by molar-refractivity contribution is -0.138. The van der Waals surface area contributed by atoms with Gasteiger partial charge in [-0.1, -0.05) is 25.8 Å². The summed E-state index contributed by atoms with van der Waals surface area (Å²) in [4.78, 5) is 11.7. The fourth-order valence-corrected chi connectivity index (χ4v) is 2.10. The summed E-state index contributed by atoms with van der Waals surface area (Å²) in [5.41, 5.74) is 6.03. The molecule has 1 atom stereocenters. The molecule has 3 N–H and O–H groups in total. The third kappa shape index (κ3) is 5.82. The van der Waals surface area contributed by atoms with Crippen LogP contribution in [0, 0.1) is 5.92 Å². The van der Waals surface area contributed by atoms with E-state index >= 15 is 0 Å². The smallest absolute Gasteiger partial charge is 0.387 e. The summed E-state index contributed by atoms with van der Waals surface area (Å²) in [5.74, 6) is 0.0407. The molecule has 0 aliphatic carbocycles. The van der Waals surface area contributed by atoms with E-state index in [2.05, 4.69) is 27.2 Å². The quantitative estimate of drug-likeness (QED) is 0.583. The molecule has 1 heterocycles. The first-order valence-corrected chi connectivity index (χ1v) is 7.78. The van der Waals surface area contributed by atoms with Crippen LogP contribution in [0.2, 0.25) is 0 Å². The van der Waals surface area contributed by atoms with Gasteiger partial charge in [-0.2, -0.15) is 13.2 Å². The molecule has 1 aromatic rings. The Morgan fingerprint density at radius 2 is 2.12 bits per heavy atom. The summed E-state index contributed by atoms with van der Waals surface area (Å²) >= 11 is 0. The van der Waals surface area contributed by atoms with Crippen molar-refractivity contribution >= 4 is 11.8 Å². The molecule has 0 bridgehead atoms. The number of hydrogen-bond donors (Lipinski definition) is 2. The first-order chi connectivity index (χ1) is 11.2. The topological polar surface area (TPSA) is 76.2 Å². The average Bonchev–Trinajstić information content (AvgIpc) is 2.51. The van der Waals surface area contributed by atoms with Crippen molar-refractivity contribution in [3.8, 4) is 0 Å². The van der Waals surface area contributed by atoms with Gasteiger partial charge in [0.15, 0.2) is 0 Å². The van der Waals surface area contributed by atoms with Crippen molar-refractivity contribution in [3.05, 3.63) is 29.2 Å². The normalized spacial score (nSPS) is 14.6. The van der Waals surface area contributed by atoms with Crippen LogP contribution in [0.1, 0.15) is 44.9 Å².